The zero-order chi connectivity index (χ0) is 22.8. The average molecular weight is 571 g/mol. The molecule has 2 aromatic heterocycles. The van der Waals surface area contributed by atoms with Crippen LogP contribution in [-0.4, -0.2) is 40.6 Å². The number of hydrogen-bond donors (Lipinski definition) is 6. The number of anilines is 4. The molecule has 15 heteroatoms. The molecule has 0 aliphatic rings. The first-order valence-corrected chi connectivity index (χ1v) is 10.4. The molecule has 2 aromatic carbocycles. The number of H-pyrrole nitrogens is 2. The molecule has 33 heavy (non-hydrogen) atoms. The van der Waals surface area contributed by atoms with Crippen molar-refractivity contribution in [3.05, 3.63) is 71.2 Å². The Morgan fingerprint density at radius 2 is 1.00 bits per heavy atom. The number of nitrogens with zero attached hydrogens (tertiary/aromatic N) is 4. The second-order valence-electron chi connectivity index (χ2n) is 5.84. The van der Waals surface area contributed by atoms with Gasteiger partial charge in [-0.3, -0.25) is 0 Å². The summed E-state index contributed by atoms with van der Waals surface area (Å²) in [5, 5.41) is 26.5. The quantitative estimate of drug-likeness (QED) is 0.154. The van der Waals surface area contributed by atoms with Crippen molar-refractivity contribution >= 4 is 81.1 Å². The summed E-state index contributed by atoms with van der Waals surface area (Å²) in [6.07, 6.45) is 2.79. The Balaban J connectivity index is 0.000000227. The number of aromatic amines is 2. The van der Waals surface area contributed by atoms with E-state index in [0.29, 0.717) is 32.2 Å². The Bertz CT molecular complexity index is 1030. The SMILES string of the molecule is S=C(Nc1ccc(Cl)cc1)Nc1ncn[nH]1.S=C(Nc1ccc(Cl)cc1)Nc1ncn[nH]1.[Cu]. The zero-order valence-corrected chi connectivity index (χ0v) is 20.5. The van der Waals surface area contributed by atoms with Crippen LogP contribution < -0.4 is 21.3 Å². The monoisotopic (exact) mass is 569 g/mol. The molecule has 0 amide bonds. The van der Waals surface area contributed by atoms with Crippen molar-refractivity contribution < 1.29 is 17.1 Å². The van der Waals surface area contributed by atoms with Crippen LogP contribution in [-0.2, 0) is 17.1 Å². The van der Waals surface area contributed by atoms with Crippen LogP contribution in [0.3, 0.4) is 0 Å². The van der Waals surface area contributed by atoms with Gasteiger partial charge in [-0.1, -0.05) is 23.2 Å². The largest absolute Gasteiger partial charge is 0.332 e. The third-order valence-corrected chi connectivity index (χ3v) is 4.41. The minimum Gasteiger partial charge on any atom is -0.332 e. The number of halogens is 2. The Kier molecular flexibility index (Phi) is 11.0. The van der Waals surface area contributed by atoms with Crippen molar-refractivity contribution in [2.24, 2.45) is 0 Å². The Hall–Kier alpha value is -2.80. The molecule has 0 atom stereocenters. The standard InChI is InChI=1S/2C9H8ClN5S.Cu/c2*10-6-1-3-7(4-2-6)13-9(16)14-8-11-5-12-15-8;/h2*1-5H,(H3,11,12,13,14,15,16);. The molecule has 0 fully saturated rings. The molecule has 4 rings (SSSR count). The van der Waals surface area contributed by atoms with E-state index in [9.17, 15) is 0 Å². The summed E-state index contributed by atoms with van der Waals surface area (Å²) in [5.41, 5.74) is 1.70. The van der Waals surface area contributed by atoms with Crippen LogP contribution in [0.1, 0.15) is 0 Å². The summed E-state index contributed by atoms with van der Waals surface area (Å²) in [6, 6.07) is 14.4. The van der Waals surface area contributed by atoms with E-state index in [4.69, 9.17) is 47.6 Å². The molecule has 2 heterocycles. The molecule has 0 aliphatic heterocycles. The summed E-state index contributed by atoms with van der Waals surface area (Å²) in [6.45, 7) is 0. The average Bonchev–Trinajstić information content (AvgIpc) is 3.46. The van der Waals surface area contributed by atoms with E-state index in [0.717, 1.165) is 11.4 Å². The van der Waals surface area contributed by atoms with Crippen molar-refractivity contribution in [3.63, 3.8) is 0 Å². The van der Waals surface area contributed by atoms with Gasteiger partial charge in [0.25, 0.3) is 0 Å². The van der Waals surface area contributed by atoms with Gasteiger partial charge < -0.3 is 21.3 Å². The first-order valence-electron chi connectivity index (χ1n) is 8.86. The van der Waals surface area contributed by atoms with Crippen molar-refractivity contribution in [3.8, 4) is 0 Å². The number of thiocarbonyl (C=S) groups is 2. The van der Waals surface area contributed by atoms with Gasteiger partial charge in [0, 0.05) is 38.5 Å². The predicted octanol–water partition coefficient (Wildman–Crippen LogP) is 4.53. The first-order chi connectivity index (χ1) is 15.5. The minimum atomic E-state index is 0. The first kappa shape index (κ1) is 26.5. The third-order valence-electron chi connectivity index (χ3n) is 3.50. The molecule has 10 nitrogen and oxygen atoms in total. The molecule has 0 aliphatic carbocycles. The normalized spacial score (nSPS) is 9.52. The van der Waals surface area contributed by atoms with E-state index in [1.165, 1.54) is 12.7 Å². The van der Waals surface area contributed by atoms with E-state index in [-0.39, 0.29) is 17.1 Å². The van der Waals surface area contributed by atoms with Crippen LogP contribution in [0.2, 0.25) is 10.0 Å². The molecular weight excluding hydrogens is 555 g/mol. The summed E-state index contributed by atoms with van der Waals surface area (Å²) < 4.78 is 0. The molecule has 4 aromatic rings. The van der Waals surface area contributed by atoms with Gasteiger partial charge in [-0.05, 0) is 73.0 Å². The van der Waals surface area contributed by atoms with E-state index in [1.54, 1.807) is 24.3 Å². The smallest absolute Gasteiger partial charge is 0.224 e. The van der Waals surface area contributed by atoms with Gasteiger partial charge >= 0.3 is 0 Å². The van der Waals surface area contributed by atoms with Crippen molar-refractivity contribution in [1.29, 1.82) is 0 Å². The van der Waals surface area contributed by atoms with Crippen LogP contribution in [0.5, 0.6) is 0 Å². The van der Waals surface area contributed by atoms with E-state index in [2.05, 4.69) is 51.6 Å². The van der Waals surface area contributed by atoms with Crippen LogP contribution in [0.15, 0.2) is 61.2 Å². The molecule has 6 N–H and O–H groups in total. The summed E-state index contributed by atoms with van der Waals surface area (Å²) in [5.74, 6) is 0.984. The van der Waals surface area contributed by atoms with Crippen molar-refractivity contribution in [2.75, 3.05) is 21.3 Å². The van der Waals surface area contributed by atoms with Crippen LogP contribution in [0, 0.1) is 0 Å². The molecule has 1 radical (unpaired) electrons. The molecule has 175 valence electrons. The van der Waals surface area contributed by atoms with Gasteiger partial charge in [0.15, 0.2) is 10.2 Å². The number of rotatable bonds is 4. The molecule has 0 bridgehead atoms. The maximum Gasteiger partial charge on any atom is 0.224 e. The topological polar surface area (TPSA) is 131 Å². The van der Waals surface area contributed by atoms with E-state index < -0.39 is 0 Å². The second-order valence-corrected chi connectivity index (χ2v) is 7.53. The fourth-order valence-electron chi connectivity index (χ4n) is 2.14. The van der Waals surface area contributed by atoms with E-state index in [1.807, 2.05) is 24.3 Å². The number of hydrogen-bond acceptors (Lipinski definition) is 6. The van der Waals surface area contributed by atoms with Crippen LogP contribution >= 0.6 is 47.6 Å². The predicted molar refractivity (Wildman–Crippen MR) is 135 cm³/mol. The van der Waals surface area contributed by atoms with Gasteiger partial charge in [-0.25, -0.2) is 10.2 Å². The number of benzene rings is 2. The fourth-order valence-corrected chi connectivity index (χ4v) is 2.82. The van der Waals surface area contributed by atoms with Gasteiger partial charge in [0.2, 0.25) is 11.9 Å². The number of aromatic nitrogens is 6. The zero-order valence-electron chi connectivity index (χ0n) is 16.4. The maximum absolute atomic E-state index is 5.76. The van der Waals surface area contributed by atoms with Gasteiger partial charge in [-0.2, -0.15) is 20.2 Å². The maximum atomic E-state index is 5.76. The van der Waals surface area contributed by atoms with Crippen LogP contribution in [0.4, 0.5) is 23.3 Å². The van der Waals surface area contributed by atoms with Gasteiger partial charge in [-0.15, -0.1) is 0 Å². The molecule has 0 spiro atoms. The second kappa shape index (κ2) is 13.7. The minimum absolute atomic E-state index is 0. The Morgan fingerprint density at radius 1 is 0.636 bits per heavy atom. The molecule has 0 unspecified atom stereocenters. The molecule has 0 saturated carbocycles. The summed E-state index contributed by atoms with van der Waals surface area (Å²) >= 11 is 21.7. The van der Waals surface area contributed by atoms with Crippen LogP contribution in [0.25, 0.3) is 0 Å². The Morgan fingerprint density at radius 3 is 1.30 bits per heavy atom. The van der Waals surface area contributed by atoms with Crippen molar-refractivity contribution in [2.45, 2.75) is 0 Å². The van der Waals surface area contributed by atoms with Gasteiger partial charge in [0.05, 0.1) is 0 Å². The Labute approximate surface area is 220 Å². The summed E-state index contributed by atoms with van der Waals surface area (Å²) in [7, 11) is 0. The molecule has 0 saturated heterocycles. The van der Waals surface area contributed by atoms with Crippen molar-refractivity contribution in [1.82, 2.24) is 30.4 Å². The summed E-state index contributed by atoms with van der Waals surface area (Å²) in [4.78, 5) is 7.77. The third kappa shape index (κ3) is 9.70. The van der Waals surface area contributed by atoms with E-state index >= 15 is 0 Å². The van der Waals surface area contributed by atoms with Gasteiger partial charge in [0.1, 0.15) is 12.7 Å². The number of nitrogens with one attached hydrogen (secondary N) is 6. The molecular formula is C18H16Cl2CuN10S2. The fraction of sp³-hybridized carbons (Fsp3) is 0.